The molecule has 3 rings (SSSR count). The molecule has 0 saturated carbocycles. The Balaban J connectivity index is 1.87. The van der Waals surface area contributed by atoms with E-state index in [-0.39, 0.29) is 17.9 Å². The molecular formula is C19H19FN2O4. The van der Waals surface area contributed by atoms with Gasteiger partial charge in [0.05, 0.1) is 17.9 Å². The molecule has 6 nitrogen and oxygen atoms in total. The Bertz CT molecular complexity index is 886. The van der Waals surface area contributed by atoms with Crippen LogP contribution in [0.3, 0.4) is 0 Å². The van der Waals surface area contributed by atoms with Crippen molar-refractivity contribution in [2.45, 2.75) is 33.1 Å². The summed E-state index contributed by atoms with van der Waals surface area (Å²) < 4.78 is 24.4. The van der Waals surface area contributed by atoms with Crippen molar-refractivity contribution in [1.82, 2.24) is 5.43 Å². The maximum atomic E-state index is 13.7. The number of hydrazone groups is 1. The average molecular weight is 358 g/mol. The van der Waals surface area contributed by atoms with E-state index >= 15 is 0 Å². The van der Waals surface area contributed by atoms with Gasteiger partial charge < -0.3 is 9.15 Å². The van der Waals surface area contributed by atoms with Gasteiger partial charge in [-0.25, -0.2) is 14.6 Å². The fourth-order valence-corrected chi connectivity index (χ4v) is 3.00. The third-order valence-electron chi connectivity index (χ3n) is 4.20. The Hall–Kier alpha value is -2.96. The molecule has 0 bridgehead atoms. The van der Waals surface area contributed by atoms with Gasteiger partial charge in [0.1, 0.15) is 11.6 Å². The minimum Gasteiger partial charge on any atom is -0.460 e. The van der Waals surface area contributed by atoms with Crippen LogP contribution in [0.4, 0.5) is 4.39 Å². The maximum Gasteiger partial charge on any atom is 0.374 e. The highest BCUT2D eigenvalue weighted by molar-refractivity contribution is 6.06. The Labute approximate surface area is 150 Å². The van der Waals surface area contributed by atoms with Crippen molar-refractivity contribution in [3.8, 4) is 0 Å². The topological polar surface area (TPSA) is 80.9 Å². The lowest BCUT2D eigenvalue weighted by Crippen LogP contribution is -2.23. The van der Waals surface area contributed by atoms with E-state index in [2.05, 4.69) is 10.5 Å². The van der Waals surface area contributed by atoms with Gasteiger partial charge in [-0.05, 0) is 38.8 Å². The van der Waals surface area contributed by atoms with Gasteiger partial charge in [0.2, 0.25) is 5.76 Å². The number of carbonyl (C=O) groups is 2. The van der Waals surface area contributed by atoms with Gasteiger partial charge in [-0.3, -0.25) is 4.79 Å². The first-order valence-corrected chi connectivity index (χ1v) is 8.44. The summed E-state index contributed by atoms with van der Waals surface area (Å²) in [5.74, 6) is -0.954. The van der Waals surface area contributed by atoms with Crippen molar-refractivity contribution >= 4 is 17.6 Å². The molecule has 136 valence electrons. The van der Waals surface area contributed by atoms with Crippen molar-refractivity contribution in [1.29, 1.82) is 0 Å². The molecule has 0 unspecified atom stereocenters. The van der Waals surface area contributed by atoms with E-state index in [1.807, 2.05) is 0 Å². The van der Waals surface area contributed by atoms with Gasteiger partial charge in [0, 0.05) is 17.5 Å². The smallest absolute Gasteiger partial charge is 0.374 e. The highest BCUT2D eigenvalue weighted by Gasteiger charge is 2.28. The fourth-order valence-electron chi connectivity index (χ4n) is 3.00. The van der Waals surface area contributed by atoms with Crippen LogP contribution in [-0.4, -0.2) is 24.2 Å². The van der Waals surface area contributed by atoms with Gasteiger partial charge in [0.15, 0.2) is 0 Å². The Morgan fingerprint density at radius 2 is 2.08 bits per heavy atom. The first-order chi connectivity index (χ1) is 12.5. The summed E-state index contributed by atoms with van der Waals surface area (Å²) in [4.78, 5) is 24.2. The molecule has 0 atom stereocenters. The molecule has 1 N–H and O–H groups in total. The lowest BCUT2D eigenvalue weighted by Gasteiger charge is -2.13. The van der Waals surface area contributed by atoms with Crippen molar-refractivity contribution in [2.75, 3.05) is 6.61 Å². The standard InChI is InChI=1S/C19H19FN2O4/c1-3-25-19(24)17-11(2)16-14(9-6-10-15(16)26-17)21-22-18(23)12-7-4-5-8-13(12)20/h4-5,7-8H,3,6,9-10H2,1-2H3,(H,22,23)/b21-14+. The highest BCUT2D eigenvalue weighted by atomic mass is 19.1. The fraction of sp³-hybridized carbons (Fsp3) is 0.316. The number of ether oxygens (including phenoxy) is 1. The van der Waals surface area contributed by atoms with Crippen LogP contribution in [0.25, 0.3) is 0 Å². The van der Waals surface area contributed by atoms with Crippen molar-refractivity contribution < 1.29 is 23.1 Å². The number of halogens is 1. The quantitative estimate of drug-likeness (QED) is 0.671. The summed E-state index contributed by atoms with van der Waals surface area (Å²) in [5.41, 5.74) is 4.27. The Kier molecular flexibility index (Phi) is 5.16. The zero-order valence-electron chi connectivity index (χ0n) is 14.6. The Morgan fingerprint density at radius 1 is 1.31 bits per heavy atom. The van der Waals surface area contributed by atoms with E-state index in [1.54, 1.807) is 19.9 Å². The lowest BCUT2D eigenvalue weighted by atomic mass is 9.93. The van der Waals surface area contributed by atoms with Crippen LogP contribution >= 0.6 is 0 Å². The molecule has 0 aliphatic heterocycles. The van der Waals surface area contributed by atoms with Crippen LogP contribution in [0.15, 0.2) is 33.8 Å². The summed E-state index contributed by atoms with van der Waals surface area (Å²) in [6.07, 6.45) is 2.07. The van der Waals surface area contributed by atoms with Crippen LogP contribution in [0.1, 0.15) is 57.6 Å². The largest absolute Gasteiger partial charge is 0.460 e. The molecule has 2 aromatic rings. The number of furan rings is 1. The number of benzene rings is 1. The molecule has 1 aliphatic carbocycles. The second kappa shape index (κ2) is 7.51. The van der Waals surface area contributed by atoms with E-state index < -0.39 is 17.7 Å². The summed E-state index contributed by atoms with van der Waals surface area (Å²) in [6.45, 7) is 3.73. The summed E-state index contributed by atoms with van der Waals surface area (Å²) in [6, 6.07) is 5.69. The van der Waals surface area contributed by atoms with E-state index in [4.69, 9.17) is 9.15 Å². The first-order valence-electron chi connectivity index (χ1n) is 8.44. The molecule has 0 saturated heterocycles. The molecule has 1 aromatic carbocycles. The second-order valence-corrected chi connectivity index (χ2v) is 5.91. The van der Waals surface area contributed by atoms with E-state index in [0.717, 1.165) is 6.42 Å². The molecule has 1 amide bonds. The molecule has 1 aliphatic rings. The monoisotopic (exact) mass is 358 g/mol. The molecule has 1 heterocycles. The number of amides is 1. The van der Waals surface area contributed by atoms with Gasteiger partial charge in [-0.2, -0.15) is 5.10 Å². The Morgan fingerprint density at radius 3 is 2.81 bits per heavy atom. The van der Waals surface area contributed by atoms with Crippen LogP contribution in [0.2, 0.25) is 0 Å². The van der Waals surface area contributed by atoms with Crippen molar-refractivity contribution in [2.24, 2.45) is 5.10 Å². The third kappa shape index (κ3) is 3.37. The normalized spacial score (nSPS) is 14.8. The average Bonchev–Trinajstić information content (AvgIpc) is 2.98. The molecule has 26 heavy (non-hydrogen) atoms. The number of esters is 1. The first kappa shape index (κ1) is 17.8. The zero-order chi connectivity index (χ0) is 18.7. The third-order valence-corrected chi connectivity index (χ3v) is 4.20. The number of hydrogen-bond donors (Lipinski definition) is 1. The van der Waals surface area contributed by atoms with Crippen LogP contribution < -0.4 is 5.43 Å². The molecule has 0 fully saturated rings. The molecule has 7 heteroatoms. The zero-order valence-corrected chi connectivity index (χ0v) is 14.6. The van der Waals surface area contributed by atoms with Gasteiger partial charge in [-0.15, -0.1) is 0 Å². The van der Waals surface area contributed by atoms with E-state index in [0.29, 0.717) is 35.4 Å². The summed E-state index contributed by atoms with van der Waals surface area (Å²) in [7, 11) is 0. The van der Waals surface area contributed by atoms with Gasteiger partial charge in [-0.1, -0.05) is 12.1 Å². The molecular weight excluding hydrogens is 339 g/mol. The van der Waals surface area contributed by atoms with Crippen molar-refractivity contribution in [3.05, 3.63) is 58.3 Å². The number of hydrogen-bond acceptors (Lipinski definition) is 5. The van der Waals surface area contributed by atoms with Gasteiger partial charge >= 0.3 is 5.97 Å². The second-order valence-electron chi connectivity index (χ2n) is 5.91. The van der Waals surface area contributed by atoms with E-state index in [1.165, 1.54) is 18.2 Å². The number of fused-ring (bicyclic) bond motifs is 1. The molecule has 0 radical (unpaired) electrons. The number of nitrogens with zero attached hydrogens (tertiary/aromatic N) is 1. The van der Waals surface area contributed by atoms with Gasteiger partial charge in [0.25, 0.3) is 5.91 Å². The predicted octanol–water partition coefficient (Wildman–Crippen LogP) is 3.37. The SMILES string of the molecule is CCOC(=O)c1oc2c(c1C)/C(=N/NC(=O)c1ccccc1F)CCC2. The van der Waals surface area contributed by atoms with Crippen LogP contribution in [-0.2, 0) is 11.2 Å². The minimum atomic E-state index is -0.630. The van der Waals surface area contributed by atoms with Crippen molar-refractivity contribution in [3.63, 3.8) is 0 Å². The van der Waals surface area contributed by atoms with Crippen LogP contribution in [0.5, 0.6) is 0 Å². The highest BCUT2D eigenvalue weighted by Crippen LogP contribution is 2.30. The predicted molar refractivity (Wildman–Crippen MR) is 92.7 cm³/mol. The van der Waals surface area contributed by atoms with E-state index in [9.17, 15) is 14.0 Å². The summed E-state index contributed by atoms with van der Waals surface area (Å²) in [5, 5.41) is 4.16. The summed E-state index contributed by atoms with van der Waals surface area (Å²) >= 11 is 0. The molecule has 1 aromatic heterocycles. The lowest BCUT2D eigenvalue weighted by molar-refractivity contribution is 0.0486. The number of nitrogens with one attached hydrogen (secondary N) is 1. The minimum absolute atomic E-state index is 0.0796. The number of aryl methyl sites for hydroxylation is 1. The number of carbonyl (C=O) groups excluding carboxylic acids is 2. The molecule has 0 spiro atoms. The maximum absolute atomic E-state index is 13.7. The number of rotatable bonds is 4. The van der Waals surface area contributed by atoms with Crippen LogP contribution in [0, 0.1) is 12.7 Å².